The molecule has 1 saturated heterocycles. The van der Waals surface area contributed by atoms with Crippen LogP contribution in [0.3, 0.4) is 0 Å². The molecule has 1 amide bonds. The number of hydrogen-bond donors (Lipinski definition) is 6. The first-order valence-electron chi connectivity index (χ1n) is 14.2. The summed E-state index contributed by atoms with van der Waals surface area (Å²) in [4.78, 5) is 34.6. The number of carboxylic acids is 2. The van der Waals surface area contributed by atoms with Crippen molar-refractivity contribution in [3.63, 3.8) is 0 Å². The number of carbonyl (C=O) groups is 3. The lowest BCUT2D eigenvalue weighted by Gasteiger charge is -2.29. The molecule has 4 rings (SSSR count). The Labute approximate surface area is 249 Å². The van der Waals surface area contributed by atoms with Crippen molar-refractivity contribution in [1.29, 1.82) is 0 Å². The van der Waals surface area contributed by atoms with Crippen molar-refractivity contribution in [3.05, 3.63) is 53.6 Å². The number of fused-ring (bicyclic) bond motifs is 1. The van der Waals surface area contributed by atoms with Gasteiger partial charge in [-0.3, -0.25) is 4.79 Å². The second-order valence-corrected chi connectivity index (χ2v) is 10.2. The van der Waals surface area contributed by atoms with E-state index in [-0.39, 0.29) is 18.9 Å². The van der Waals surface area contributed by atoms with Gasteiger partial charge in [0.05, 0.1) is 19.1 Å². The van der Waals surface area contributed by atoms with E-state index >= 15 is 0 Å². The third kappa shape index (κ3) is 10.4. The van der Waals surface area contributed by atoms with Crippen molar-refractivity contribution < 1.29 is 54.1 Å². The van der Waals surface area contributed by atoms with Crippen LogP contribution >= 0.6 is 0 Å². The van der Waals surface area contributed by atoms with Gasteiger partial charge >= 0.3 is 11.9 Å². The summed E-state index contributed by atoms with van der Waals surface area (Å²) < 4.78 is 17.0. The second-order valence-electron chi connectivity index (χ2n) is 10.2. The molecular formula is C30H40N2O11. The average Bonchev–Trinajstić information content (AvgIpc) is 3.53. The minimum atomic E-state index is -2.27. The van der Waals surface area contributed by atoms with E-state index in [9.17, 15) is 19.5 Å². The summed E-state index contributed by atoms with van der Waals surface area (Å²) in [6.45, 7) is 5.97. The maximum Gasteiger partial charge on any atom is 0.335 e. The number of benzene rings is 2. The fourth-order valence-corrected chi connectivity index (χ4v) is 4.58. The van der Waals surface area contributed by atoms with Crippen molar-refractivity contribution in [3.8, 4) is 17.2 Å². The predicted octanol–water partition coefficient (Wildman–Crippen LogP) is 0.981. The van der Waals surface area contributed by atoms with Crippen LogP contribution < -0.4 is 19.5 Å². The van der Waals surface area contributed by atoms with Crippen molar-refractivity contribution in [2.45, 2.75) is 57.0 Å². The number of carbonyl (C=O) groups excluding carboxylic acids is 1. The van der Waals surface area contributed by atoms with E-state index in [1.807, 2.05) is 42.5 Å². The number of carboxylic acid groups (broad SMARTS) is 2. The number of aliphatic carboxylic acids is 2. The molecule has 13 heteroatoms. The van der Waals surface area contributed by atoms with Crippen molar-refractivity contribution in [1.82, 2.24) is 10.2 Å². The normalized spacial score (nSPS) is 17.0. The zero-order chi connectivity index (χ0) is 31.4. The number of nitrogens with one attached hydrogen (secondary N) is 1. The third-order valence-electron chi connectivity index (χ3n) is 7.02. The van der Waals surface area contributed by atoms with Gasteiger partial charge < -0.3 is 50.0 Å². The van der Waals surface area contributed by atoms with E-state index in [0.717, 1.165) is 38.1 Å². The highest BCUT2D eigenvalue weighted by Crippen LogP contribution is 2.33. The topological polar surface area (TPSA) is 195 Å². The molecule has 236 valence electrons. The molecule has 2 aromatic carbocycles. The lowest BCUT2D eigenvalue weighted by atomic mass is 10.0. The van der Waals surface area contributed by atoms with Crippen molar-refractivity contribution in [2.75, 3.05) is 39.5 Å². The Morgan fingerprint density at radius 2 is 1.51 bits per heavy atom. The monoisotopic (exact) mass is 604 g/mol. The molecule has 1 fully saturated rings. The van der Waals surface area contributed by atoms with Gasteiger partial charge in [-0.25, -0.2) is 9.59 Å². The van der Waals surface area contributed by atoms with Gasteiger partial charge in [0.15, 0.2) is 23.7 Å². The zero-order valence-electron chi connectivity index (χ0n) is 24.1. The molecule has 2 unspecified atom stereocenters. The number of amides is 1. The van der Waals surface area contributed by atoms with Crippen LogP contribution in [-0.2, 0) is 20.8 Å². The number of nitrogens with zero attached hydrogens (tertiary/aromatic N) is 1. The third-order valence-corrected chi connectivity index (χ3v) is 7.02. The van der Waals surface area contributed by atoms with Crippen LogP contribution in [0, 0.1) is 0 Å². The summed E-state index contributed by atoms with van der Waals surface area (Å²) in [5, 5.41) is 46.7. The first-order chi connectivity index (χ1) is 20.6. The predicted molar refractivity (Wildman–Crippen MR) is 153 cm³/mol. The van der Waals surface area contributed by atoms with Crippen LogP contribution in [0.4, 0.5) is 0 Å². The Morgan fingerprint density at radius 3 is 2.09 bits per heavy atom. The van der Waals surface area contributed by atoms with Crippen LogP contribution in [-0.4, -0.2) is 106 Å². The second kappa shape index (κ2) is 16.7. The quantitative estimate of drug-likeness (QED) is 0.190. The first kappa shape index (κ1) is 33.6. The van der Waals surface area contributed by atoms with Crippen LogP contribution in [0.15, 0.2) is 42.5 Å². The molecule has 2 heterocycles. The summed E-state index contributed by atoms with van der Waals surface area (Å²) in [7, 11) is 0. The fraction of sp³-hybridized carbons (Fsp3) is 0.500. The Morgan fingerprint density at radius 1 is 0.907 bits per heavy atom. The lowest BCUT2D eigenvalue weighted by Crippen LogP contribution is -2.47. The summed E-state index contributed by atoms with van der Waals surface area (Å²) in [5.74, 6) is -1.61. The van der Waals surface area contributed by atoms with E-state index < -0.39 is 36.3 Å². The number of likely N-dealkylation sites (tertiary alicyclic amines) is 1. The summed E-state index contributed by atoms with van der Waals surface area (Å²) in [6, 6.07) is 13.0. The highest BCUT2D eigenvalue weighted by atomic mass is 16.6. The van der Waals surface area contributed by atoms with Gasteiger partial charge in [0.2, 0.25) is 5.91 Å². The molecule has 0 aromatic heterocycles. The van der Waals surface area contributed by atoms with Crippen molar-refractivity contribution in [2.24, 2.45) is 0 Å². The molecule has 2 aliphatic heterocycles. The Hall–Kier alpha value is -3.91. The SMILES string of the molecule is CCc1ccc(OCCC(=O)N[C@H](CN2CCCC2)[C@H](O)c2ccc3c(c2)OCCO3)cc1.O=C(O)C(O)C(O)C(=O)O. The van der Waals surface area contributed by atoms with E-state index in [1.165, 1.54) is 5.56 Å². The minimum absolute atomic E-state index is 0.138. The average molecular weight is 605 g/mol. The van der Waals surface area contributed by atoms with E-state index in [1.54, 1.807) is 0 Å². The standard InChI is InChI=1S/C26H34N2O5.C4H6O6/c1-2-19-5-8-21(9-6-19)31-14-11-25(29)27-22(18-28-12-3-4-13-28)26(30)20-7-10-23-24(17-20)33-16-15-32-23;5-1(3(7)8)2(6)4(9)10/h5-10,17,22,26,30H,2-4,11-16,18H2,1H3,(H,27,29);1-2,5-6H,(H,7,8)(H,9,10)/t22-,26-;/m1./s1. The fourth-order valence-electron chi connectivity index (χ4n) is 4.58. The van der Waals surface area contributed by atoms with E-state index in [4.69, 9.17) is 34.6 Å². The van der Waals surface area contributed by atoms with E-state index in [2.05, 4.69) is 17.1 Å². The van der Waals surface area contributed by atoms with Gasteiger partial charge in [-0.15, -0.1) is 0 Å². The molecule has 2 aromatic rings. The minimum Gasteiger partial charge on any atom is -0.493 e. The van der Waals surface area contributed by atoms with Gasteiger partial charge in [0.25, 0.3) is 0 Å². The summed E-state index contributed by atoms with van der Waals surface area (Å²) >= 11 is 0. The zero-order valence-corrected chi connectivity index (χ0v) is 24.1. The number of aliphatic hydroxyl groups is 3. The number of ether oxygens (including phenoxy) is 3. The lowest BCUT2D eigenvalue weighted by molar-refractivity contribution is -0.165. The van der Waals surface area contributed by atoms with Gasteiger partial charge in [0, 0.05) is 6.54 Å². The number of aliphatic hydroxyl groups excluding tert-OH is 3. The molecule has 0 radical (unpaired) electrons. The number of aryl methyl sites for hydroxylation is 1. The number of hydrogen-bond acceptors (Lipinski definition) is 10. The molecule has 0 spiro atoms. The molecule has 6 N–H and O–H groups in total. The molecular weight excluding hydrogens is 564 g/mol. The van der Waals surface area contributed by atoms with Crippen LogP contribution in [0.1, 0.15) is 43.4 Å². The van der Waals surface area contributed by atoms with Crippen LogP contribution in [0.2, 0.25) is 0 Å². The van der Waals surface area contributed by atoms with Gasteiger partial charge in [-0.05, 0) is 67.7 Å². The first-order valence-corrected chi connectivity index (χ1v) is 14.2. The van der Waals surface area contributed by atoms with E-state index in [0.29, 0.717) is 36.8 Å². The smallest absolute Gasteiger partial charge is 0.335 e. The van der Waals surface area contributed by atoms with Crippen LogP contribution in [0.25, 0.3) is 0 Å². The number of rotatable bonds is 13. The molecule has 2 aliphatic rings. The summed E-state index contributed by atoms with van der Waals surface area (Å²) in [6.07, 6.45) is -1.90. The Bertz CT molecular complexity index is 1180. The van der Waals surface area contributed by atoms with Gasteiger partial charge in [-0.2, -0.15) is 0 Å². The maximum absolute atomic E-state index is 12.7. The molecule has 13 nitrogen and oxygen atoms in total. The molecule has 4 atom stereocenters. The van der Waals surface area contributed by atoms with Gasteiger partial charge in [-0.1, -0.05) is 25.1 Å². The molecule has 0 bridgehead atoms. The molecule has 0 saturated carbocycles. The highest BCUT2D eigenvalue weighted by Gasteiger charge is 2.30. The molecule has 0 aliphatic carbocycles. The Balaban J connectivity index is 0.000000436. The Kier molecular flexibility index (Phi) is 13.0. The highest BCUT2D eigenvalue weighted by molar-refractivity contribution is 5.83. The largest absolute Gasteiger partial charge is 0.493 e. The molecule has 43 heavy (non-hydrogen) atoms. The van der Waals surface area contributed by atoms with Gasteiger partial charge in [0.1, 0.15) is 25.1 Å². The van der Waals surface area contributed by atoms with Crippen LogP contribution in [0.5, 0.6) is 17.2 Å². The maximum atomic E-state index is 12.7. The summed E-state index contributed by atoms with van der Waals surface area (Å²) in [5.41, 5.74) is 1.95. The van der Waals surface area contributed by atoms with Crippen molar-refractivity contribution >= 4 is 17.8 Å².